The smallest absolute Gasteiger partial charge is 0.344 e. The van der Waals surface area contributed by atoms with Gasteiger partial charge in [-0.1, -0.05) is 19.1 Å². The molecule has 180 valence electrons. The second-order valence-corrected chi connectivity index (χ2v) is 8.15. The molecular weight excluding hydrogens is 480 g/mol. The number of aryl methyl sites for hydroxylation is 2. The van der Waals surface area contributed by atoms with Gasteiger partial charge in [-0.3, -0.25) is 4.57 Å². The number of benzene rings is 2. The van der Waals surface area contributed by atoms with E-state index >= 15 is 0 Å². The summed E-state index contributed by atoms with van der Waals surface area (Å²) in [5.41, 5.74) is 4.89. The first-order valence-electron chi connectivity index (χ1n) is 10.2. The van der Waals surface area contributed by atoms with Crippen molar-refractivity contribution in [3.05, 3.63) is 83.0 Å². The maximum absolute atomic E-state index is 12.7. The van der Waals surface area contributed by atoms with E-state index in [1.54, 1.807) is 28.1 Å². The Morgan fingerprint density at radius 3 is 2.20 bits per heavy atom. The highest BCUT2D eigenvalue weighted by Gasteiger charge is 2.11. The third-order valence-electron chi connectivity index (χ3n) is 5.06. The van der Waals surface area contributed by atoms with Crippen molar-refractivity contribution in [1.29, 1.82) is 0 Å². The van der Waals surface area contributed by atoms with Crippen molar-refractivity contribution >= 4 is 11.0 Å². The Hall–Kier alpha value is -3.94. The van der Waals surface area contributed by atoms with E-state index in [-0.39, 0.29) is 0 Å². The molecule has 0 atom stereocenters. The molecule has 0 amide bonds. The van der Waals surface area contributed by atoms with Crippen LogP contribution in [0, 0.1) is 17.2 Å². The highest BCUT2D eigenvalue weighted by Crippen LogP contribution is 2.24. The number of hydrogen-bond acceptors (Lipinski definition) is 10. The van der Waals surface area contributed by atoms with Gasteiger partial charge in [0, 0.05) is 17.1 Å². The quantitative estimate of drug-likeness (QED) is 0.313. The Morgan fingerprint density at radius 1 is 0.971 bits per heavy atom. The van der Waals surface area contributed by atoms with Crippen LogP contribution >= 0.6 is 0 Å². The number of fused-ring (bicyclic) bond motifs is 1. The van der Waals surface area contributed by atoms with Crippen molar-refractivity contribution in [3.8, 4) is 22.5 Å². The van der Waals surface area contributed by atoms with Crippen LogP contribution < -0.4 is 19.6 Å². The molecule has 2 aromatic carbocycles. The molecule has 0 saturated heterocycles. The van der Waals surface area contributed by atoms with E-state index < -0.39 is 15.9 Å². The molecule has 0 saturated carbocycles. The average molecular weight is 499 g/mol. The van der Waals surface area contributed by atoms with E-state index in [0.29, 0.717) is 11.1 Å². The molecule has 5 rings (SSSR count). The maximum atomic E-state index is 12.7. The topological polar surface area (TPSA) is 181 Å². The Bertz CT molecular complexity index is 1500. The Morgan fingerprint density at radius 2 is 1.60 bits per heavy atom. The van der Waals surface area contributed by atoms with Crippen molar-refractivity contribution in [3.63, 3.8) is 0 Å². The molecule has 0 bridgehead atoms. The molecule has 35 heavy (non-hydrogen) atoms. The molecule has 0 aliphatic rings. The summed E-state index contributed by atoms with van der Waals surface area (Å²) in [7, 11) is -4.69. The third-order valence-corrected chi connectivity index (χ3v) is 5.06. The monoisotopic (exact) mass is 498 g/mol. The summed E-state index contributed by atoms with van der Waals surface area (Å²) in [4.78, 5) is 14.2. The summed E-state index contributed by atoms with van der Waals surface area (Å²) in [6.07, 6.45) is 4.06. The van der Waals surface area contributed by atoms with Gasteiger partial charge >= 0.3 is 5.63 Å². The minimum Gasteiger partial charge on any atom is -0.422 e. The Labute approximate surface area is 200 Å². The SMILES string of the molecule is CCc1nn(-c2ccc3cc(-c4ccc(-n5cnnc5)cc4)c(=O)oc3c2)nc1C.[O-][Cl+3]([O-])([O-])O. The van der Waals surface area contributed by atoms with E-state index in [2.05, 4.69) is 20.4 Å². The van der Waals surface area contributed by atoms with Gasteiger partial charge in [0.2, 0.25) is 0 Å². The Kier molecular flexibility index (Phi) is 6.73. The fourth-order valence-electron chi connectivity index (χ4n) is 3.42. The predicted molar refractivity (Wildman–Crippen MR) is 114 cm³/mol. The minimum absolute atomic E-state index is 0.393. The molecule has 0 aliphatic heterocycles. The normalized spacial score (nSPS) is 11.4. The molecule has 1 N–H and O–H groups in total. The average Bonchev–Trinajstić information content (AvgIpc) is 3.47. The van der Waals surface area contributed by atoms with Crippen LogP contribution in [0.15, 0.2) is 70.4 Å². The second-order valence-electron chi connectivity index (χ2n) is 7.36. The van der Waals surface area contributed by atoms with Crippen LogP contribution in [-0.4, -0.2) is 34.4 Å². The van der Waals surface area contributed by atoms with Crippen molar-refractivity contribution in [1.82, 2.24) is 29.8 Å². The van der Waals surface area contributed by atoms with Gasteiger partial charge in [0.25, 0.3) is 0 Å². The van der Waals surface area contributed by atoms with E-state index in [9.17, 15) is 4.79 Å². The summed E-state index contributed by atoms with van der Waals surface area (Å²) in [6.45, 7) is 3.98. The first kappa shape index (κ1) is 24.2. The maximum Gasteiger partial charge on any atom is 0.344 e. The summed E-state index contributed by atoms with van der Waals surface area (Å²) in [5, 5.41) is 17.4. The van der Waals surface area contributed by atoms with Gasteiger partial charge in [0.15, 0.2) is 0 Å². The number of aromatic nitrogens is 6. The third kappa shape index (κ3) is 5.77. The molecule has 0 radical (unpaired) electrons. The van der Waals surface area contributed by atoms with E-state index in [0.717, 1.165) is 40.1 Å². The standard InChI is InChI=1S/C22H18N6O2.ClHO4/c1-3-20-14(2)25-28(26-20)18-9-6-16-10-19(22(29)30-21(16)11-18)15-4-7-17(8-5-15)27-12-23-24-13-27;2-1(3,4)5/h4-13H,3H2,1-2H3;(H,2,3,4,5). The molecule has 3 heterocycles. The molecule has 0 fully saturated rings. The van der Waals surface area contributed by atoms with Gasteiger partial charge in [-0.05, 0) is 49.2 Å². The van der Waals surface area contributed by atoms with Gasteiger partial charge < -0.3 is 4.42 Å². The van der Waals surface area contributed by atoms with Gasteiger partial charge in [-0.15, -0.1) is 10.2 Å². The lowest BCUT2D eigenvalue weighted by atomic mass is 10.1. The molecule has 0 aliphatic carbocycles. The largest absolute Gasteiger partial charge is 0.422 e. The lowest BCUT2D eigenvalue weighted by Crippen LogP contribution is -2.58. The molecule has 12 nitrogen and oxygen atoms in total. The predicted octanol–water partition coefficient (Wildman–Crippen LogP) is -0.632. The highest BCUT2D eigenvalue weighted by molar-refractivity contribution is 5.83. The molecule has 0 spiro atoms. The zero-order valence-corrected chi connectivity index (χ0v) is 19.3. The van der Waals surface area contributed by atoms with Crippen molar-refractivity contribution in [2.75, 3.05) is 0 Å². The van der Waals surface area contributed by atoms with Crippen LogP contribution in [0.3, 0.4) is 0 Å². The molecule has 5 aromatic rings. The molecular formula is C22H19ClN6O6. The van der Waals surface area contributed by atoms with Crippen LogP contribution in [0.4, 0.5) is 0 Å². The summed E-state index contributed by atoms with van der Waals surface area (Å²) in [5.74, 6) is 0. The highest BCUT2D eigenvalue weighted by atomic mass is 35.7. The molecule has 0 unspecified atom stereocenters. The van der Waals surface area contributed by atoms with Crippen LogP contribution in [0.2, 0.25) is 0 Å². The van der Waals surface area contributed by atoms with Crippen LogP contribution in [0.25, 0.3) is 33.5 Å². The van der Waals surface area contributed by atoms with Crippen molar-refractivity contribution < 1.29 is 33.3 Å². The fraction of sp³-hybridized carbons (Fsp3) is 0.136. The van der Waals surface area contributed by atoms with Crippen molar-refractivity contribution in [2.45, 2.75) is 20.3 Å². The fourth-order valence-corrected chi connectivity index (χ4v) is 3.42. The van der Waals surface area contributed by atoms with Gasteiger partial charge in [0.05, 0.1) is 37.5 Å². The summed E-state index contributed by atoms with van der Waals surface area (Å²) >= 11 is 0. The lowest BCUT2D eigenvalue weighted by molar-refractivity contribution is -1.92. The second kappa shape index (κ2) is 9.74. The molecule has 13 heteroatoms. The summed E-state index contributed by atoms with van der Waals surface area (Å²) in [6, 6.07) is 15.0. The number of hydrogen-bond donors (Lipinski definition) is 1. The van der Waals surface area contributed by atoms with Crippen LogP contribution in [0.1, 0.15) is 18.3 Å². The lowest BCUT2D eigenvalue weighted by Gasteiger charge is -2.06. The van der Waals surface area contributed by atoms with Crippen LogP contribution in [0.5, 0.6) is 0 Å². The zero-order valence-electron chi connectivity index (χ0n) is 18.5. The Balaban J connectivity index is 0.000000527. The van der Waals surface area contributed by atoms with Crippen molar-refractivity contribution in [2.24, 2.45) is 0 Å². The van der Waals surface area contributed by atoms with E-state index in [1.165, 1.54) is 0 Å². The zero-order chi connectivity index (χ0) is 25.2. The number of rotatable bonds is 4. The number of nitrogens with zero attached hydrogens (tertiary/aromatic N) is 6. The van der Waals surface area contributed by atoms with Gasteiger partial charge in [-0.25, -0.2) is 4.79 Å². The van der Waals surface area contributed by atoms with Gasteiger partial charge in [-0.2, -0.15) is 29.0 Å². The summed E-state index contributed by atoms with van der Waals surface area (Å²) < 4.78 is 40.1. The first-order chi connectivity index (χ1) is 16.6. The molecule has 3 aromatic heterocycles. The number of halogens is 1. The van der Waals surface area contributed by atoms with E-state index in [4.69, 9.17) is 23.1 Å². The van der Waals surface area contributed by atoms with Crippen LogP contribution in [-0.2, 0) is 6.42 Å². The minimum atomic E-state index is -4.69. The van der Waals surface area contributed by atoms with E-state index in [1.807, 2.05) is 56.3 Å². The van der Waals surface area contributed by atoms with Gasteiger partial charge in [0.1, 0.15) is 18.2 Å². The first-order valence-corrected chi connectivity index (χ1v) is 11.5.